The van der Waals surface area contributed by atoms with Gasteiger partial charge in [0.25, 0.3) is 0 Å². The van der Waals surface area contributed by atoms with E-state index in [-0.39, 0.29) is 0 Å². The predicted molar refractivity (Wildman–Crippen MR) is 118 cm³/mol. The summed E-state index contributed by atoms with van der Waals surface area (Å²) in [6.07, 6.45) is 8.14. The smallest absolute Gasteiger partial charge is 0.220 e. The lowest BCUT2D eigenvalue weighted by molar-refractivity contribution is 0.161. The maximum Gasteiger partial charge on any atom is 0.220 e. The highest BCUT2D eigenvalue weighted by Crippen LogP contribution is 2.51. The van der Waals surface area contributed by atoms with Crippen molar-refractivity contribution in [2.75, 3.05) is 19.8 Å². The Kier molecular flexibility index (Phi) is 4.26. The Morgan fingerprint density at radius 3 is 2.78 bits per heavy atom. The number of pyridine rings is 2. The van der Waals surface area contributed by atoms with Crippen molar-refractivity contribution >= 4 is 5.57 Å². The molecule has 1 aromatic carbocycles. The number of nitrogens with zero attached hydrogens (tertiary/aromatic N) is 2. The van der Waals surface area contributed by atoms with E-state index in [9.17, 15) is 4.39 Å². The van der Waals surface area contributed by atoms with Gasteiger partial charge in [-0.05, 0) is 54.0 Å². The summed E-state index contributed by atoms with van der Waals surface area (Å²) in [4.78, 5) is 8.46. The van der Waals surface area contributed by atoms with E-state index in [2.05, 4.69) is 27.4 Å². The number of nitrogens with one attached hydrogen (secondary N) is 1. The third-order valence-corrected chi connectivity index (χ3v) is 6.36. The number of halogens is 1. The molecule has 6 rings (SSSR count). The van der Waals surface area contributed by atoms with E-state index >= 15 is 0 Å². The van der Waals surface area contributed by atoms with E-state index < -0.39 is 11.4 Å². The van der Waals surface area contributed by atoms with E-state index in [4.69, 9.17) is 15.2 Å². The molecule has 0 bridgehead atoms. The second-order valence-corrected chi connectivity index (χ2v) is 8.20. The Bertz CT molecular complexity index is 1300. The fraction of sp³-hybridized carbons (Fsp3) is 0.200. The number of rotatable bonds is 2. The van der Waals surface area contributed by atoms with Crippen molar-refractivity contribution in [2.24, 2.45) is 5.73 Å². The van der Waals surface area contributed by atoms with Crippen LogP contribution in [-0.2, 0) is 10.2 Å². The Morgan fingerprint density at radius 1 is 1.09 bits per heavy atom. The quantitative estimate of drug-likeness (QED) is 0.603. The van der Waals surface area contributed by atoms with Gasteiger partial charge in [-0.25, -0.2) is 4.98 Å². The molecule has 3 N–H and O–H groups in total. The van der Waals surface area contributed by atoms with Crippen molar-refractivity contribution in [3.8, 4) is 22.6 Å². The number of fused-ring (bicyclic) bond motifs is 4. The highest BCUT2D eigenvalue weighted by molar-refractivity contribution is 5.72. The Morgan fingerprint density at radius 2 is 2.00 bits per heavy atom. The molecule has 160 valence electrons. The molecule has 1 spiro atoms. The largest absolute Gasteiger partial charge is 0.455 e. The van der Waals surface area contributed by atoms with E-state index in [1.54, 1.807) is 18.3 Å². The monoisotopic (exact) mass is 428 g/mol. The molecule has 6 nitrogen and oxygen atoms in total. The molecular formula is C25H21FN4O2. The summed E-state index contributed by atoms with van der Waals surface area (Å²) < 4.78 is 26.1. The van der Waals surface area contributed by atoms with E-state index in [0.29, 0.717) is 42.6 Å². The normalized spacial score (nSPS) is 21.2. The number of benzene rings is 1. The maximum atomic E-state index is 14.4. The molecule has 32 heavy (non-hydrogen) atoms. The highest BCUT2D eigenvalue weighted by Gasteiger charge is 2.44. The van der Waals surface area contributed by atoms with Crippen LogP contribution < -0.4 is 15.8 Å². The SMILES string of the molecule is NC1=C[C@]2(CN1)c1cc(-c3cccnc3F)ccc1Oc1cnc(C3=CCOCC3)cc12. The average molecular weight is 428 g/mol. The van der Waals surface area contributed by atoms with E-state index in [0.717, 1.165) is 34.4 Å². The van der Waals surface area contributed by atoms with E-state index in [1.807, 2.05) is 24.3 Å². The zero-order valence-electron chi connectivity index (χ0n) is 17.3. The molecule has 1 atom stereocenters. The van der Waals surface area contributed by atoms with Crippen LogP contribution in [0.5, 0.6) is 11.5 Å². The van der Waals surface area contributed by atoms with Gasteiger partial charge in [-0.1, -0.05) is 12.1 Å². The summed E-state index contributed by atoms with van der Waals surface area (Å²) >= 11 is 0. The summed E-state index contributed by atoms with van der Waals surface area (Å²) in [5.74, 6) is 1.50. The van der Waals surface area contributed by atoms with Gasteiger partial charge in [0.15, 0.2) is 0 Å². The van der Waals surface area contributed by atoms with E-state index in [1.165, 1.54) is 6.20 Å². The third-order valence-electron chi connectivity index (χ3n) is 6.36. The zero-order valence-corrected chi connectivity index (χ0v) is 17.3. The van der Waals surface area contributed by atoms with Crippen LogP contribution in [0, 0.1) is 5.95 Å². The van der Waals surface area contributed by atoms with Gasteiger partial charge in [-0.2, -0.15) is 4.39 Å². The first-order valence-corrected chi connectivity index (χ1v) is 10.6. The first kappa shape index (κ1) is 19.0. The van der Waals surface area contributed by atoms with Crippen LogP contribution in [0.15, 0.2) is 66.8 Å². The fourth-order valence-corrected chi connectivity index (χ4v) is 4.76. The number of nitrogens with two attached hydrogens (primary N) is 1. The van der Waals surface area contributed by atoms with Gasteiger partial charge in [-0.15, -0.1) is 0 Å². The van der Waals surface area contributed by atoms with Crippen molar-refractivity contribution in [1.29, 1.82) is 0 Å². The molecule has 3 aliphatic rings. The molecule has 0 amide bonds. The molecule has 0 saturated carbocycles. The highest BCUT2D eigenvalue weighted by atomic mass is 19.1. The third kappa shape index (κ3) is 2.89. The number of ether oxygens (including phenoxy) is 2. The minimum absolute atomic E-state index is 0.446. The molecule has 0 unspecified atom stereocenters. The molecule has 0 fully saturated rings. The second-order valence-electron chi connectivity index (χ2n) is 8.20. The molecule has 7 heteroatoms. The minimum atomic E-state index is -0.550. The summed E-state index contributed by atoms with van der Waals surface area (Å²) in [5.41, 5.74) is 10.8. The molecule has 0 radical (unpaired) electrons. The van der Waals surface area contributed by atoms with Crippen LogP contribution in [-0.4, -0.2) is 29.7 Å². The lowest BCUT2D eigenvalue weighted by Crippen LogP contribution is -2.34. The van der Waals surface area contributed by atoms with Gasteiger partial charge in [0, 0.05) is 29.4 Å². The van der Waals surface area contributed by atoms with Crippen molar-refractivity contribution in [2.45, 2.75) is 11.8 Å². The van der Waals surface area contributed by atoms with Crippen molar-refractivity contribution in [1.82, 2.24) is 15.3 Å². The van der Waals surface area contributed by atoms with Crippen LogP contribution in [0.25, 0.3) is 16.7 Å². The molecule has 3 aromatic rings. The lowest BCUT2D eigenvalue weighted by atomic mass is 9.72. The zero-order chi connectivity index (χ0) is 21.7. The fourth-order valence-electron chi connectivity index (χ4n) is 4.76. The molecule has 3 aliphatic heterocycles. The van der Waals surface area contributed by atoms with Gasteiger partial charge in [0.2, 0.25) is 5.95 Å². The maximum absolute atomic E-state index is 14.4. The molecule has 0 aliphatic carbocycles. The first-order chi connectivity index (χ1) is 15.6. The van der Waals surface area contributed by atoms with Crippen LogP contribution in [0.4, 0.5) is 4.39 Å². The Labute approximate surface area is 184 Å². The van der Waals surface area contributed by atoms with Gasteiger partial charge >= 0.3 is 0 Å². The summed E-state index contributed by atoms with van der Waals surface area (Å²) in [6.45, 7) is 1.85. The summed E-state index contributed by atoms with van der Waals surface area (Å²) in [7, 11) is 0. The van der Waals surface area contributed by atoms with Crippen LogP contribution >= 0.6 is 0 Å². The molecule has 2 aromatic heterocycles. The summed E-state index contributed by atoms with van der Waals surface area (Å²) in [6, 6.07) is 11.2. The number of hydrogen-bond donors (Lipinski definition) is 2. The Balaban J connectivity index is 1.54. The van der Waals surface area contributed by atoms with Crippen LogP contribution in [0.3, 0.4) is 0 Å². The Hall–Kier alpha value is -3.71. The lowest BCUT2D eigenvalue weighted by Gasteiger charge is -2.36. The van der Waals surface area contributed by atoms with Crippen molar-refractivity contribution in [3.63, 3.8) is 0 Å². The molecule has 0 saturated heterocycles. The van der Waals surface area contributed by atoms with Crippen LogP contribution in [0.2, 0.25) is 0 Å². The molecule has 5 heterocycles. The molecular weight excluding hydrogens is 407 g/mol. The van der Waals surface area contributed by atoms with Crippen LogP contribution in [0.1, 0.15) is 23.2 Å². The average Bonchev–Trinajstić information content (AvgIpc) is 3.22. The first-order valence-electron chi connectivity index (χ1n) is 10.6. The van der Waals surface area contributed by atoms with Gasteiger partial charge < -0.3 is 20.5 Å². The van der Waals surface area contributed by atoms with Crippen molar-refractivity contribution in [3.05, 3.63) is 89.5 Å². The summed E-state index contributed by atoms with van der Waals surface area (Å²) in [5, 5.41) is 3.27. The second kappa shape index (κ2) is 7.17. The standard InChI is InChI=1S/C25H21FN4O2/c26-24-17(2-1-7-28-24)16-3-4-21-18(10-16)25(12-23(27)30-14-25)19-11-20(29-13-22(19)32-21)15-5-8-31-9-6-15/h1-5,7,10-13,30H,6,8-9,14,27H2/t25-/m0/s1. The van der Waals surface area contributed by atoms with Gasteiger partial charge in [0.1, 0.15) is 11.5 Å². The number of hydrogen-bond acceptors (Lipinski definition) is 6. The van der Waals surface area contributed by atoms with Crippen molar-refractivity contribution < 1.29 is 13.9 Å². The van der Waals surface area contributed by atoms with Gasteiger partial charge in [0.05, 0.1) is 36.3 Å². The van der Waals surface area contributed by atoms with Gasteiger partial charge in [-0.3, -0.25) is 4.98 Å². The predicted octanol–water partition coefficient (Wildman–Crippen LogP) is 3.88. The minimum Gasteiger partial charge on any atom is -0.455 e. The topological polar surface area (TPSA) is 82.3 Å². The number of aromatic nitrogens is 2.